The fraction of sp³-hybridized carbons (Fsp3) is 0.579. The number of carbonyl (C=O) groups is 2. The number of likely N-dealkylation sites (N-methyl/N-ethyl adjacent to an activating group) is 1. The van der Waals surface area contributed by atoms with Crippen LogP contribution in [0.3, 0.4) is 0 Å². The summed E-state index contributed by atoms with van der Waals surface area (Å²) in [7, 11) is -2.87. The number of cyclic esters (lactones) is 1. The van der Waals surface area contributed by atoms with Crippen LogP contribution in [-0.4, -0.2) is 67.1 Å². The van der Waals surface area contributed by atoms with Gasteiger partial charge in [0.05, 0.1) is 4.90 Å². The number of rotatable bonds is 10. The lowest BCUT2D eigenvalue weighted by Gasteiger charge is -2.38. The Kier molecular flexibility index (Phi) is 7.93. The number of nitrogens with zero attached hydrogens (tertiary/aromatic N) is 1. The number of ether oxygens (including phenoxy) is 1. The fourth-order valence-corrected chi connectivity index (χ4v) is 5.76. The minimum Gasteiger partial charge on any atom is -0.431 e. The van der Waals surface area contributed by atoms with Crippen LogP contribution in [0.1, 0.15) is 24.8 Å². The van der Waals surface area contributed by atoms with Gasteiger partial charge < -0.3 is 16.2 Å². The van der Waals surface area contributed by atoms with Crippen LogP contribution >= 0.6 is 23.2 Å². The van der Waals surface area contributed by atoms with Gasteiger partial charge in [-0.3, -0.25) is 9.69 Å². The van der Waals surface area contributed by atoms with Gasteiger partial charge in [-0.1, -0.05) is 29.3 Å². The third kappa shape index (κ3) is 4.24. The molecule has 11 heteroatoms. The van der Waals surface area contributed by atoms with Crippen LogP contribution in [0.2, 0.25) is 0 Å². The summed E-state index contributed by atoms with van der Waals surface area (Å²) in [6.07, 6.45) is 0.892. The molecule has 1 heterocycles. The van der Waals surface area contributed by atoms with Gasteiger partial charge in [-0.05, 0) is 51.9 Å². The maximum atomic E-state index is 13.5. The molecule has 1 aliphatic rings. The van der Waals surface area contributed by atoms with Crippen molar-refractivity contribution in [2.24, 2.45) is 11.5 Å². The second kappa shape index (κ2) is 9.50. The van der Waals surface area contributed by atoms with E-state index >= 15 is 0 Å². The molecular weight excluding hydrogens is 453 g/mol. The summed E-state index contributed by atoms with van der Waals surface area (Å²) in [5.41, 5.74) is 8.15. The molecule has 0 radical (unpaired) electrons. The summed E-state index contributed by atoms with van der Waals surface area (Å²) in [6, 6.07) is 5.98. The molecule has 0 aromatic heterocycles. The molecule has 8 nitrogen and oxygen atoms in total. The van der Waals surface area contributed by atoms with E-state index in [0.717, 1.165) is 5.56 Å². The summed E-state index contributed by atoms with van der Waals surface area (Å²) in [6.45, 7) is 2.19. The van der Waals surface area contributed by atoms with Gasteiger partial charge in [0.1, 0.15) is 0 Å². The van der Waals surface area contributed by atoms with E-state index < -0.39 is 37.6 Å². The number of benzene rings is 1. The molecular formula is C19H27Cl2N3O5S. The zero-order valence-electron chi connectivity index (χ0n) is 16.9. The number of ketones is 1. The number of sulfone groups is 1. The molecule has 0 spiro atoms. The number of esters is 1. The highest BCUT2D eigenvalue weighted by Crippen LogP contribution is 2.42. The van der Waals surface area contributed by atoms with E-state index in [-0.39, 0.29) is 23.7 Å². The zero-order valence-corrected chi connectivity index (χ0v) is 19.3. The van der Waals surface area contributed by atoms with Crippen molar-refractivity contribution in [2.45, 2.75) is 47.1 Å². The Hall–Kier alpha value is -1.23. The average Bonchev–Trinajstić information content (AvgIpc) is 2.90. The molecule has 1 fully saturated rings. The van der Waals surface area contributed by atoms with Crippen molar-refractivity contribution in [3.8, 4) is 0 Å². The minimum atomic E-state index is -4.29. The van der Waals surface area contributed by atoms with Gasteiger partial charge >= 0.3 is 5.97 Å². The molecule has 2 rings (SSSR count). The van der Waals surface area contributed by atoms with E-state index in [9.17, 15) is 18.0 Å². The van der Waals surface area contributed by atoms with Crippen molar-refractivity contribution in [1.82, 2.24) is 4.90 Å². The Balaban J connectivity index is 2.56. The van der Waals surface area contributed by atoms with Crippen molar-refractivity contribution in [3.63, 3.8) is 0 Å². The van der Waals surface area contributed by atoms with Crippen LogP contribution in [0.4, 0.5) is 0 Å². The Morgan fingerprint density at radius 2 is 1.80 bits per heavy atom. The highest BCUT2D eigenvalue weighted by molar-refractivity contribution is 7.93. The number of unbranched alkanes of at least 4 members (excludes halogenated alkanes) is 1. The van der Waals surface area contributed by atoms with Crippen LogP contribution in [0.15, 0.2) is 29.2 Å². The molecule has 1 aromatic carbocycles. The molecule has 1 aliphatic heterocycles. The van der Waals surface area contributed by atoms with Crippen molar-refractivity contribution in [1.29, 1.82) is 0 Å². The minimum absolute atomic E-state index is 0.0338. The lowest BCUT2D eigenvalue weighted by molar-refractivity contribution is -0.168. The number of hydrogen-bond donors (Lipinski definition) is 2. The molecule has 0 bridgehead atoms. The first-order chi connectivity index (χ1) is 14.0. The first-order valence-electron chi connectivity index (χ1n) is 9.47. The highest BCUT2D eigenvalue weighted by atomic mass is 35.5. The summed E-state index contributed by atoms with van der Waals surface area (Å²) < 4.78 is 30.0. The Morgan fingerprint density at radius 1 is 1.20 bits per heavy atom. The van der Waals surface area contributed by atoms with Gasteiger partial charge in [-0.15, -0.1) is 11.6 Å². The topological polar surface area (TPSA) is 133 Å². The smallest absolute Gasteiger partial charge is 0.336 e. The first kappa shape index (κ1) is 25.0. The third-order valence-corrected chi connectivity index (χ3v) is 8.25. The third-order valence-electron chi connectivity index (χ3n) is 5.28. The van der Waals surface area contributed by atoms with Crippen LogP contribution in [0.25, 0.3) is 0 Å². The molecule has 4 N–H and O–H groups in total. The monoisotopic (exact) mass is 479 g/mol. The Labute approximate surface area is 186 Å². The lowest BCUT2D eigenvalue weighted by Crippen LogP contribution is -2.64. The van der Waals surface area contributed by atoms with Crippen molar-refractivity contribution < 1.29 is 22.7 Å². The van der Waals surface area contributed by atoms with E-state index in [1.807, 2.05) is 0 Å². The Bertz CT molecular complexity index is 896. The molecule has 1 aromatic rings. The predicted molar refractivity (Wildman–Crippen MR) is 115 cm³/mol. The second-order valence-corrected chi connectivity index (χ2v) is 10.5. The van der Waals surface area contributed by atoms with Gasteiger partial charge in [-0.25, -0.2) is 13.2 Å². The number of alkyl halides is 2. The number of aryl methyl sites for hydroxylation is 1. The highest BCUT2D eigenvalue weighted by Gasteiger charge is 2.70. The summed E-state index contributed by atoms with van der Waals surface area (Å²) in [4.78, 5) is 27.4. The Morgan fingerprint density at radius 3 is 2.33 bits per heavy atom. The van der Waals surface area contributed by atoms with Crippen molar-refractivity contribution >= 4 is 44.8 Å². The second-order valence-electron chi connectivity index (χ2n) is 7.42. The first-order valence-corrected chi connectivity index (χ1v) is 12.0. The molecule has 3 unspecified atom stereocenters. The molecule has 1 saturated heterocycles. The van der Waals surface area contributed by atoms with Gasteiger partial charge in [0, 0.05) is 12.4 Å². The lowest BCUT2D eigenvalue weighted by atomic mass is 9.86. The number of nitrogens with two attached hydrogens (primary N) is 2. The van der Waals surface area contributed by atoms with Gasteiger partial charge in [0.2, 0.25) is 20.3 Å². The van der Waals surface area contributed by atoms with Crippen molar-refractivity contribution in [2.75, 3.05) is 26.0 Å². The van der Waals surface area contributed by atoms with Gasteiger partial charge in [0.15, 0.2) is 5.54 Å². The van der Waals surface area contributed by atoms with Crippen molar-refractivity contribution in [3.05, 3.63) is 29.8 Å². The molecule has 30 heavy (non-hydrogen) atoms. The largest absolute Gasteiger partial charge is 0.431 e. The van der Waals surface area contributed by atoms with Crippen LogP contribution < -0.4 is 11.5 Å². The standard InChI is InChI=1S/C19H27Cl2N3O5S/c1-13-5-7-14(8-6-13)30(27,28)16(21)19(24(2)12-10-20)15(25)18(23,17(26)29-19)9-3-4-11-22/h5-8,16H,3-4,9-12,22-23H2,1-2H3. The fourth-order valence-electron chi connectivity index (χ4n) is 3.38. The van der Waals surface area contributed by atoms with Crippen LogP contribution in [-0.2, 0) is 24.2 Å². The van der Waals surface area contributed by atoms with Crippen LogP contribution in [0, 0.1) is 6.92 Å². The zero-order chi connectivity index (χ0) is 22.7. The molecule has 0 aliphatic carbocycles. The van der Waals surface area contributed by atoms with E-state index in [4.69, 9.17) is 39.4 Å². The average molecular weight is 480 g/mol. The molecule has 0 saturated carbocycles. The number of Topliss-reactive ketones (excluding diaryl/α,β-unsaturated/α-hetero) is 1. The SMILES string of the molecule is Cc1ccc(S(=O)(=O)C(Cl)C2(N(C)CCCl)OC(=O)C(N)(CCCCN)C2=O)cc1. The van der Waals surface area contributed by atoms with Gasteiger partial charge in [-0.2, -0.15) is 0 Å². The van der Waals surface area contributed by atoms with Gasteiger partial charge in [0.25, 0.3) is 5.72 Å². The maximum absolute atomic E-state index is 13.5. The quantitative estimate of drug-likeness (QED) is 0.221. The molecule has 168 valence electrons. The predicted octanol–water partition coefficient (Wildman–Crippen LogP) is 1.15. The molecule has 3 atom stereocenters. The number of hydrogen-bond acceptors (Lipinski definition) is 8. The summed E-state index contributed by atoms with van der Waals surface area (Å²) >= 11 is 12.3. The van der Waals surface area contributed by atoms with Crippen LogP contribution in [0.5, 0.6) is 0 Å². The van der Waals surface area contributed by atoms with E-state index in [0.29, 0.717) is 19.4 Å². The normalized spacial score (nSPS) is 25.6. The maximum Gasteiger partial charge on any atom is 0.336 e. The van der Waals surface area contributed by atoms with E-state index in [1.165, 1.54) is 24.1 Å². The number of carbonyl (C=O) groups excluding carboxylic acids is 2. The molecule has 0 amide bonds. The summed E-state index contributed by atoms with van der Waals surface area (Å²) in [5, 5.41) is 0. The number of halogens is 2. The summed E-state index contributed by atoms with van der Waals surface area (Å²) in [5.74, 6) is -1.88. The van der Waals surface area contributed by atoms with E-state index in [1.54, 1.807) is 19.1 Å². The van der Waals surface area contributed by atoms with E-state index in [2.05, 4.69) is 0 Å².